The van der Waals surface area contributed by atoms with Crippen molar-refractivity contribution in [2.75, 3.05) is 13.1 Å². The molecule has 0 aromatic heterocycles. The van der Waals surface area contributed by atoms with E-state index in [0.717, 1.165) is 31.5 Å². The molecule has 3 nitrogen and oxygen atoms in total. The van der Waals surface area contributed by atoms with Gasteiger partial charge in [0.2, 0.25) is 0 Å². The lowest BCUT2D eigenvalue weighted by atomic mass is 9.79. The third-order valence-corrected chi connectivity index (χ3v) is 4.31. The fourth-order valence-corrected chi connectivity index (χ4v) is 2.49. The lowest BCUT2D eigenvalue weighted by molar-refractivity contribution is 0.156. The summed E-state index contributed by atoms with van der Waals surface area (Å²) in [7, 11) is 0. The third-order valence-electron chi connectivity index (χ3n) is 4.00. The van der Waals surface area contributed by atoms with Crippen LogP contribution in [0, 0.1) is 16.6 Å². The Morgan fingerprint density at radius 1 is 1.47 bits per heavy atom. The van der Waals surface area contributed by atoms with Gasteiger partial charge in [-0.05, 0) is 43.6 Å². The van der Waals surface area contributed by atoms with E-state index in [1.165, 1.54) is 6.07 Å². The highest BCUT2D eigenvalue weighted by Gasteiger charge is 2.32. The van der Waals surface area contributed by atoms with Crippen LogP contribution in [0.15, 0.2) is 18.2 Å². The predicted molar refractivity (Wildman–Crippen MR) is 75.9 cm³/mol. The fourth-order valence-electron chi connectivity index (χ4n) is 2.37. The van der Waals surface area contributed by atoms with Gasteiger partial charge in [0.05, 0.1) is 10.9 Å². The van der Waals surface area contributed by atoms with Gasteiger partial charge in [-0.25, -0.2) is 4.39 Å². The average Bonchev–Trinajstić information content (AvgIpc) is 2.37. The van der Waals surface area contributed by atoms with E-state index in [1.54, 1.807) is 6.07 Å². The Kier molecular flexibility index (Phi) is 4.11. The molecule has 104 valence electrons. The third kappa shape index (κ3) is 3.25. The Morgan fingerprint density at radius 2 is 2.11 bits per heavy atom. The number of halogens is 2. The van der Waals surface area contributed by atoms with Crippen LogP contribution in [0.4, 0.5) is 4.39 Å². The number of piperidine rings is 1. The number of nitrogens with two attached hydrogens (primary N) is 1. The number of nitrogens with zero attached hydrogens (tertiary/aromatic N) is 1. The lowest BCUT2D eigenvalue weighted by Gasteiger charge is -2.38. The maximum atomic E-state index is 13.4. The molecular formula is C14H19ClFN3. The first-order chi connectivity index (χ1) is 8.90. The second-order valence-corrected chi connectivity index (χ2v) is 5.91. The van der Waals surface area contributed by atoms with Gasteiger partial charge in [0.1, 0.15) is 5.82 Å². The highest BCUT2D eigenvalue weighted by Crippen LogP contribution is 2.31. The Labute approximate surface area is 118 Å². The monoisotopic (exact) mass is 283 g/mol. The SMILES string of the molecule is CC1(C(=N)N)CCN(Cc2ccc(Cl)c(F)c2)CC1. The highest BCUT2D eigenvalue weighted by atomic mass is 35.5. The Balaban J connectivity index is 1.95. The number of hydrogen-bond acceptors (Lipinski definition) is 2. The van der Waals surface area contributed by atoms with Gasteiger partial charge >= 0.3 is 0 Å². The molecule has 1 aliphatic heterocycles. The summed E-state index contributed by atoms with van der Waals surface area (Å²) < 4.78 is 13.4. The highest BCUT2D eigenvalue weighted by molar-refractivity contribution is 6.30. The van der Waals surface area contributed by atoms with E-state index in [1.807, 2.05) is 13.0 Å². The van der Waals surface area contributed by atoms with Crippen LogP contribution in [0.3, 0.4) is 0 Å². The maximum Gasteiger partial charge on any atom is 0.142 e. The molecule has 1 aromatic rings. The van der Waals surface area contributed by atoms with Crippen LogP contribution in [0.25, 0.3) is 0 Å². The molecule has 2 rings (SSSR count). The second-order valence-electron chi connectivity index (χ2n) is 5.50. The molecule has 5 heteroatoms. The van der Waals surface area contributed by atoms with Gasteiger partial charge in [-0.3, -0.25) is 10.3 Å². The van der Waals surface area contributed by atoms with Crippen molar-refractivity contribution in [1.82, 2.24) is 4.90 Å². The molecule has 1 saturated heterocycles. The van der Waals surface area contributed by atoms with Crippen molar-refractivity contribution in [3.8, 4) is 0 Å². The fraction of sp³-hybridized carbons (Fsp3) is 0.500. The number of rotatable bonds is 3. The molecule has 0 spiro atoms. The normalized spacial score (nSPS) is 19.3. The van der Waals surface area contributed by atoms with Gasteiger partial charge in [-0.2, -0.15) is 0 Å². The molecule has 1 aliphatic rings. The summed E-state index contributed by atoms with van der Waals surface area (Å²) in [6.07, 6.45) is 1.75. The van der Waals surface area contributed by atoms with Crippen LogP contribution < -0.4 is 5.73 Å². The summed E-state index contributed by atoms with van der Waals surface area (Å²) in [6.45, 7) is 4.50. The van der Waals surface area contributed by atoms with E-state index in [-0.39, 0.29) is 22.1 Å². The Morgan fingerprint density at radius 3 is 2.63 bits per heavy atom. The molecule has 0 amide bonds. The number of likely N-dealkylation sites (tertiary alicyclic amines) is 1. The van der Waals surface area contributed by atoms with Crippen LogP contribution in [-0.4, -0.2) is 23.8 Å². The molecule has 3 N–H and O–H groups in total. The smallest absolute Gasteiger partial charge is 0.142 e. The summed E-state index contributed by atoms with van der Waals surface area (Å²) in [6, 6.07) is 4.93. The van der Waals surface area contributed by atoms with E-state index < -0.39 is 0 Å². The first-order valence-electron chi connectivity index (χ1n) is 6.41. The van der Waals surface area contributed by atoms with Crippen LogP contribution in [0.5, 0.6) is 0 Å². The molecule has 1 aromatic carbocycles. The Hall–Kier alpha value is -1.13. The molecule has 0 saturated carbocycles. The zero-order chi connectivity index (χ0) is 14.0. The van der Waals surface area contributed by atoms with Crippen molar-refractivity contribution < 1.29 is 4.39 Å². The van der Waals surface area contributed by atoms with Crippen molar-refractivity contribution in [2.45, 2.75) is 26.3 Å². The summed E-state index contributed by atoms with van der Waals surface area (Å²) in [4.78, 5) is 2.26. The second kappa shape index (κ2) is 5.47. The number of benzene rings is 1. The van der Waals surface area contributed by atoms with Crippen LogP contribution in [0.1, 0.15) is 25.3 Å². The van der Waals surface area contributed by atoms with Crippen molar-refractivity contribution in [1.29, 1.82) is 5.41 Å². The van der Waals surface area contributed by atoms with Crippen LogP contribution in [-0.2, 0) is 6.54 Å². The minimum atomic E-state index is -0.371. The van der Waals surface area contributed by atoms with E-state index in [0.29, 0.717) is 6.54 Å². The van der Waals surface area contributed by atoms with Gasteiger partial charge in [0.15, 0.2) is 0 Å². The minimum absolute atomic E-state index is 0.159. The van der Waals surface area contributed by atoms with E-state index in [4.69, 9.17) is 22.7 Å². The first kappa shape index (κ1) is 14.3. The Bertz CT molecular complexity index is 482. The zero-order valence-electron chi connectivity index (χ0n) is 11.0. The van der Waals surface area contributed by atoms with Gasteiger partial charge in [-0.15, -0.1) is 0 Å². The largest absolute Gasteiger partial charge is 0.387 e. The van der Waals surface area contributed by atoms with Crippen molar-refractivity contribution in [2.24, 2.45) is 11.1 Å². The van der Waals surface area contributed by atoms with Crippen LogP contribution in [0.2, 0.25) is 5.02 Å². The van der Waals surface area contributed by atoms with Gasteiger partial charge < -0.3 is 5.73 Å². The number of nitrogens with one attached hydrogen (secondary N) is 1. The van der Waals surface area contributed by atoms with Gasteiger partial charge in [-0.1, -0.05) is 24.6 Å². The number of hydrogen-bond donors (Lipinski definition) is 2. The summed E-state index contributed by atoms with van der Waals surface area (Å²) in [5.74, 6) is -0.102. The molecule has 19 heavy (non-hydrogen) atoms. The average molecular weight is 284 g/mol. The van der Waals surface area contributed by atoms with E-state index in [2.05, 4.69) is 4.90 Å². The molecule has 0 unspecified atom stereocenters. The summed E-state index contributed by atoms with van der Waals surface area (Å²) in [5.41, 5.74) is 6.38. The summed E-state index contributed by atoms with van der Waals surface area (Å²) >= 11 is 5.67. The quantitative estimate of drug-likeness (QED) is 0.662. The van der Waals surface area contributed by atoms with Gasteiger partial charge in [0, 0.05) is 12.0 Å². The molecule has 0 radical (unpaired) electrons. The molecule has 0 atom stereocenters. The maximum absolute atomic E-state index is 13.4. The molecule has 0 bridgehead atoms. The minimum Gasteiger partial charge on any atom is -0.387 e. The van der Waals surface area contributed by atoms with E-state index in [9.17, 15) is 4.39 Å². The standard InChI is InChI=1S/C14H19ClFN3/c1-14(13(17)18)4-6-19(7-5-14)9-10-2-3-11(15)12(16)8-10/h2-3,8H,4-7,9H2,1H3,(H3,17,18). The molecule has 1 fully saturated rings. The first-order valence-corrected chi connectivity index (χ1v) is 6.79. The van der Waals surface area contributed by atoms with Crippen molar-refractivity contribution in [3.63, 3.8) is 0 Å². The molecular weight excluding hydrogens is 265 g/mol. The van der Waals surface area contributed by atoms with Gasteiger partial charge in [0.25, 0.3) is 0 Å². The topological polar surface area (TPSA) is 53.1 Å². The lowest BCUT2D eigenvalue weighted by Crippen LogP contribution is -2.44. The molecule has 0 aliphatic carbocycles. The molecule has 1 heterocycles. The van der Waals surface area contributed by atoms with E-state index >= 15 is 0 Å². The summed E-state index contributed by atoms with van der Waals surface area (Å²) in [5, 5.41) is 7.78. The zero-order valence-corrected chi connectivity index (χ0v) is 11.8. The number of amidine groups is 1. The van der Waals surface area contributed by atoms with Crippen LogP contribution >= 0.6 is 11.6 Å². The van der Waals surface area contributed by atoms with Crippen molar-refractivity contribution in [3.05, 3.63) is 34.6 Å². The predicted octanol–water partition coefficient (Wildman–Crippen LogP) is 3.02. The van der Waals surface area contributed by atoms with Crippen molar-refractivity contribution >= 4 is 17.4 Å².